The average molecular weight is 294 g/mol. The minimum absolute atomic E-state index is 0.0542. The number of hydrogen-bond acceptors (Lipinski definition) is 2. The zero-order chi connectivity index (χ0) is 15.0. The summed E-state index contributed by atoms with van der Waals surface area (Å²) in [5.41, 5.74) is -0.749. The van der Waals surface area contributed by atoms with Gasteiger partial charge in [0.1, 0.15) is 0 Å². The molecule has 2 amide bonds. The van der Waals surface area contributed by atoms with Crippen LogP contribution >= 0.6 is 0 Å². The summed E-state index contributed by atoms with van der Waals surface area (Å²) in [6.45, 7) is 3.31. The Balaban J connectivity index is 1.57. The zero-order valence-electron chi connectivity index (χ0n) is 12.8. The van der Waals surface area contributed by atoms with Crippen molar-refractivity contribution in [3.63, 3.8) is 0 Å². The highest BCUT2D eigenvalue weighted by molar-refractivity contribution is 5.78. The second-order valence-corrected chi connectivity index (χ2v) is 7.41. The van der Waals surface area contributed by atoms with Crippen LogP contribution in [0.5, 0.6) is 0 Å². The molecule has 1 aliphatic heterocycles. The van der Waals surface area contributed by atoms with E-state index in [0.29, 0.717) is 30.7 Å². The van der Waals surface area contributed by atoms with Gasteiger partial charge in [-0.15, -0.1) is 0 Å². The number of carbonyl (C=O) groups is 2. The van der Waals surface area contributed by atoms with E-state index in [1.165, 1.54) is 6.42 Å². The van der Waals surface area contributed by atoms with Crippen molar-refractivity contribution < 1.29 is 14.7 Å². The number of carboxylic acids is 1. The third-order valence-corrected chi connectivity index (χ3v) is 5.93. The Hall–Kier alpha value is -1.26. The smallest absolute Gasteiger partial charge is 0.317 e. The average Bonchev–Trinajstić information content (AvgIpc) is 3.09. The summed E-state index contributed by atoms with van der Waals surface area (Å²) in [7, 11) is 0. The number of carboxylic acid groups (broad SMARTS) is 1. The Morgan fingerprint density at radius 3 is 2.48 bits per heavy atom. The molecule has 2 bridgehead atoms. The maximum atomic E-state index is 12.3. The monoisotopic (exact) mass is 294 g/mol. The van der Waals surface area contributed by atoms with Crippen LogP contribution in [-0.4, -0.2) is 41.1 Å². The fraction of sp³-hybridized carbons (Fsp3) is 0.875. The molecule has 2 atom stereocenters. The lowest BCUT2D eigenvalue weighted by Gasteiger charge is -2.36. The molecular formula is C16H26N2O3. The molecule has 21 heavy (non-hydrogen) atoms. The number of nitrogens with zero attached hydrogens (tertiary/aromatic N) is 1. The first kappa shape index (κ1) is 14.7. The number of hydrogen-bond donors (Lipinski definition) is 2. The maximum absolute atomic E-state index is 12.3. The van der Waals surface area contributed by atoms with Gasteiger partial charge in [-0.2, -0.15) is 0 Å². The molecule has 5 heteroatoms. The summed E-state index contributed by atoms with van der Waals surface area (Å²) < 4.78 is 0. The first-order valence-corrected chi connectivity index (χ1v) is 8.28. The number of rotatable bonds is 3. The van der Waals surface area contributed by atoms with E-state index in [2.05, 4.69) is 12.2 Å². The van der Waals surface area contributed by atoms with Crippen molar-refractivity contribution in [3.05, 3.63) is 0 Å². The summed E-state index contributed by atoms with van der Waals surface area (Å²) in [4.78, 5) is 25.9. The lowest BCUT2D eigenvalue weighted by atomic mass is 9.71. The van der Waals surface area contributed by atoms with Crippen molar-refractivity contribution in [1.29, 1.82) is 0 Å². The predicted octanol–water partition coefficient (Wildman–Crippen LogP) is 2.46. The van der Waals surface area contributed by atoms with Crippen molar-refractivity contribution in [1.82, 2.24) is 10.2 Å². The lowest BCUT2D eigenvalue weighted by molar-refractivity contribution is -0.151. The minimum Gasteiger partial charge on any atom is -0.481 e. The highest BCUT2D eigenvalue weighted by Gasteiger charge is 2.44. The Morgan fingerprint density at radius 2 is 1.95 bits per heavy atom. The van der Waals surface area contributed by atoms with E-state index in [0.717, 1.165) is 32.2 Å². The molecule has 0 aromatic carbocycles. The van der Waals surface area contributed by atoms with Gasteiger partial charge >= 0.3 is 12.0 Å². The Labute approximate surface area is 126 Å². The Morgan fingerprint density at radius 1 is 1.24 bits per heavy atom. The molecule has 0 aromatic heterocycles. The molecule has 2 aliphatic carbocycles. The van der Waals surface area contributed by atoms with Gasteiger partial charge in [0.25, 0.3) is 0 Å². The quantitative estimate of drug-likeness (QED) is 0.840. The number of likely N-dealkylation sites (tertiary alicyclic amines) is 1. The molecule has 0 spiro atoms. The van der Waals surface area contributed by atoms with Crippen molar-refractivity contribution in [2.45, 2.75) is 57.9 Å². The molecule has 0 radical (unpaired) electrons. The van der Waals surface area contributed by atoms with E-state index in [1.807, 2.05) is 4.90 Å². The molecule has 3 aliphatic rings. The molecular weight excluding hydrogens is 268 g/mol. The van der Waals surface area contributed by atoms with Crippen molar-refractivity contribution in [2.75, 3.05) is 13.1 Å². The van der Waals surface area contributed by atoms with E-state index >= 15 is 0 Å². The number of carbonyl (C=O) groups excluding carboxylic acids is 1. The van der Waals surface area contributed by atoms with Crippen LogP contribution in [0.4, 0.5) is 4.79 Å². The van der Waals surface area contributed by atoms with E-state index in [4.69, 9.17) is 0 Å². The molecule has 2 saturated carbocycles. The van der Waals surface area contributed by atoms with Gasteiger partial charge < -0.3 is 15.3 Å². The van der Waals surface area contributed by atoms with Crippen LogP contribution in [0.15, 0.2) is 0 Å². The van der Waals surface area contributed by atoms with Crippen molar-refractivity contribution in [2.24, 2.45) is 17.3 Å². The van der Waals surface area contributed by atoms with Crippen LogP contribution in [-0.2, 0) is 4.79 Å². The van der Waals surface area contributed by atoms with Crippen LogP contribution in [0, 0.1) is 17.3 Å². The van der Waals surface area contributed by atoms with Crippen LogP contribution < -0.4 is 5.32 Å². The van der Waals surface area contributed by atoms with Gasteiger partial charge in [0.2, 0.25) is 0 Å². The summed E-state index contributed by atoms with van der Waals surface area (Å²) in [5.74, 6) is 0.518. The van der Waals surface area contributed by atoms with Gasteiger partial charge in [0, 0.05) is 19.1 Å². The molecule has 2 unspecified atom stereocenters. The number of amides is 2. The third-order valence-electron chi connectivity index (χ3n) is 5.93. The molecule has 3 fully saturated rings. The van der Waals surface area contributed by atoms with Gasteiger partial charge in [-0.05, 0) is 56.8 Å². The van der Waals surface area contributed by atoms with Crippen LogP contribution in [0.1, 0.15) is 51.9 Å². The van der Waals surface area contributed by atoms with Crippen LogP contribution in [0.2, 0.25) is 0 Å². The Bertz CT molecular complexity index is 429. The van der Waals surface area contributed by atoms with Crippen molar-refractivity contribution in [3.8, 4) is 0 Å². The normalized spacial score (nSPS) is 38.5. The standard InChI is InChI=1S/C16H26N2O3/c1-11-4-6-16(7-5-11,14(19)20)10-17-15(21)18-9-12-2-3-13(18)8-12/h11-13H,2-10H2,1H3,(H,17,21)(H,19,20). The SMILES string of the molecule is CC1CCC(CNC(=O)N2CC3CCC2C3)(C(=O)O)CC1. The van der Waals surface area contributed by atoms with E-state index < -0.39 is 11.4 Å². The second-order valence-electron chi connectivity index (χ2n) is 7.41. The van der Waals surface area contributed by atoms with Gasteiger partial charge in [0.05, 0.1) is 5.41 Å². The fourth-order valence-electron chi connectivity index (χ4n) is 4.30. The molecule has 1 saturated heterocycles. The first-order valence-electron chi connectivity index (χ1n) is 8.28. The van der Waals surface area contributed by atoms with Crippen LogP contribution in [0.3, 0.4) is 0 Å². The van der Waals surface area contributed by atoms with Gasteiger partial charge in [-0.25, -0.2) is 4.79 Å². The lowest BCUT2D eigenvalue weighted by Crippen LogP contribution is -2.50. The van der Waals surface area contributed by atoms with Gasteiger partial charge in [-0.1, -0.05) is 6.92 Å². The molecule has 3 rings (SSSR count). The molecule has 1 heterocycles. The van der Waals surface area contributed by atoms with Crippen LogP contribution in [0.25, 0.3) is 0 Å². The third kappa shape index (κ3) is 2.74. The summed E-state index contributed by atoms with van der Waals surface area (Å²) in [6.07, 6.45) is 6.72. The zero-order valence-corrected chi connectivity index (χ0v) is 12.8. The topological polar surface area (TPSA) is 69.6 Å². The molecule has 118 valence electrons. The number of piperidine rings is 1. The van der Waals surface area contributed by atoms with Gasteiger partial charge in [-0.3, -0.25) is 4.79 Å². The largest absolute Gasteiger partial charge is 0.481 e. The summed E-state index contributed by atoms with van der Waals surface area (Å²) in [5, 5.41) is 12.5. The van der Waals surface area contributed by atoms with E-state index in [-0.39, 0.29) is 12.6 Å². The number of fused-ring (bicyclic) bond motifs is 2. The Kier molecular flexibility index (Phi) is 3.84. The molecule has 2 N–H and O–H groups in total. The first-order chi connectivity index (χ1) is 10.00. The molecule has 5 nitrogen and oxygen atoms in total. The summed E-state index contributed by atoms with van der Waals surface area (Å²) >= 11 is 0. The maximum Gasteiger partial charge on any atom is 0.317 e. The van der Waals surface area contributed by atoms with E-state index in [1.54, 1.807) is 0 Å². The minimum atomic E-state index is -0.752. The number of urea groups is 1. The highest BCUT2D eigenvalue weighted by Crippen LogP contribution is 2.40. The summed E-state index contributed by atoms with van der Waals surface area (Å²) in [6, 6.07) is 0.337. The van der Waals surface area contributed by atoms with Crippen molar-refractivity contribution >= 4 is 12.0 Å². The van der Waals surface area contributed by atoms with E-state index in [9.17, 15) is 14.7 Å². The number of nitrogens with one attached hydrogen (secondary N) is 1. The number of aliphatic carboxylic acids is 1. The molecule has 0 aromatic rings. The highest BCUT2D eigenvalue weighted by atomic mass is 16.4. The predicted molar refractivity (Wildman–Crippen MR) is 78.9 cm³/mol. The fourth-order valence-corrected chi connectivity index (χ4v) is 4.30. The second kappa shape index (κ2) is 5.50. The van der Waals surface area contributed by atoms with Gasteiger partial charge in [0.15, 0.2) is 0 Å².